The maximum atomic E-state index is 11.6. The molecule has 3 N–H and O–H groups in total. The van der Waals surface area contributed by atoms with Crippen molar-refractivity contribution in [3.8, 4) is 0 Å². The molecule has 0 radical (unpaired) electrons. The Morgan fingerprint density at radius 3 is 2.61 bits per heavy atom. The predicted octanol–water partition coefficient (Wildman–Crippen LogP) is 0.656. The van der Waals surface area contributed by atoms with E-state index in [4.69, 9.17) is 4.74 Å². The Morgan fingerprint density at radius 1 is 1.44 bits per heavy atom. The fraction of sp³-hybridized carbons (Fsp3) is 0.600. The molecule has 1 rings (SSSR count). The van der Waals surface area contributed by atoms with E-state index in [-0.39, 0.29) is 5.95 Å². The van der Waals surface area contributed by atoms with E-state index in [1.807, 2.05) is 0 Å². The number of rotatable bonds is 3. The lowest BCUT2D eigenvalue weighted by atomic mass is 10.2. The number of aromatic nitrogens is 3. The molecule has 2 amide bonds. The number of ether oxygens (including phenoxy) is 1. The predicted molar refractivity (Wildman–Crippen MR) is 63.8 cm³/mol. The minimum atomic E-state index is -0.745. The van der Waals surface area contributed by atoms with E-state index in [9.17, 15) is 9.59 Å². The fourth-order valence-corrected chi connectivity index (χ4v) is 1.04. The standard InChI is InChI=1S/C10H17N5O3/c1-6(13-9(17)18-10(2,3)4)7(16)14-8-11-5-12-15-8/h5-6H,1-4H3,(H,13,17)(H2,11,12,14,15,16). The smallest absolute Gasteiger partial charge is 0.408 e. The van der Waals surface area contributed by atoms with Crippen LogP contribution < -0.4 is 10.6 Å². The summed E-state index contributed by atoms with van der Waals surface area (Å²) in [6.45, 7) is 6.76. The molecule has 0 saturated carbocycles. The Labute approximate surface area is 105 Å². The summed E-state index contributed by atoms with van der Waals surface area (Å²) in [6, 6.07) is -0.745. The molecule has 1 unspecified atom stereocenters. The lowest BCUT2D eigenvalue weighted by Gasteiger charge is -2.21. The Morgan fingerprint density at radius 2 is 2.11 bits per heavy atom. The third-order valence-corrected chi connectivity index (χ3v) is 1.78. The second-order valence-corrected chi connectivity index (χ2v) is 4.69. The molecule has 0 aliphatic carbocycles. The molecule has 0 aromatic carbocycles. The first-order valence-corrected chi connectivity index (χ1v) is 5.43. The van der Waals surface area contributed by atoms with E-state index in [0.717, 1.165) is 0 Å². The van der Waals surface area contributed by atoms with Gasteiger partial charge in [-0.05, 0) is 27.7 Å². The zero-order chi connectivity index (χ0) is 13.8. The molecule has 18 heavy (non-hydrogen) atoms. The van der Waals surface area contributed by atoms with Gasteiger partial charge in [0.15, 0.2) is 0 Å². The number of hydrogen-bond acceptors (Lipinski definition) is 5. The fourth-order valence-electron chi connectivity index (χ4n) is 1.04. The number of aromatic amines is 1. The quantitative estimate of drug-likeness (QED) is 0.735. The molecule has 0 saturated heterocycles. The van der Waals surface area contributed by atoms with Gasteiger partial charge in [0.05, 0.1) is 0 Å². The van der Waals surface area contributed by atoms with Crippen molar-refractivity contribution in [3.63, 3.8) is 0 Å². The van der Waals surface area contributed by atoms with Gasteiger partial charge in [0.25, 0.3) is 0 Å². The van der Waals surface area contributed by atoms with Crippen LogP contribution in [0.15, 0.2) is 6.33 Å². The van der Waals surface area contributed by atoms with Crippen molar-refractivity contribution in [2.24, 2.45) is 0 Å². The van der Waals surface area contributed by atoms with Gasteiger partial charge in [-0.2, -0.15) is 10.1 Å². The number of carbonyl (C=O) groups is 2. The van der Waals surface area contributed by atoms with Crippen LogP contribution in [-0.2, 0) is 9.53 Å². The van der Waals surface area contributed by atoms with Crippen LogP contribution in [0.2, 0.25) is 0 Å². The van der Waals surface area contributed by atoms with Gasteiger partial charge >= 0.3 is 6.09 Å². The van der Waals surface area contributed by atoms with Crippen LogP contribution in [0.3, 0.4) is 0 Å². The first kappa shape index (κ1) is 13.9. The van der Waals surface area contributed by atoms with E-state index < -0.39 is 23.6 Å². The van der Waals surface area contributed by atoms with Gasteiger partial charge in [-0.25, -0.2) is 9.89 Å². The number of nitrogens with zero attached hydrogens (tertiary/aromatic N) is 2. The van der Waals surface area contributed by atoms with Crippen molar-refractivity contribution >= 4 is 17.9 Å². The highest BCUT2D eigenvalue weighted by Crippen LogP contribution is 2.06. The normalized spacial score (nSPS) is 12.7. The molecule has 0 aliphatic rings. The Kier molecular flexibility index (Phi) is 4.24. The van der Waals surface area contributed by atoms with Crippen molar-refractivity contribution in [2.45, 2.75) is 39.3 Å². The van der Waals surface area contributed by atoms with E-state index in [0.29, 0.717) is 0 Å². The van der Waals surface area contributed by atoms with Crippen LogP contribution in [0.4, 0.5) is 10.7 Å². The summed E-state index contributed by atoms with van der Waals surface area (Å²) in [5.74, 6) is -0.199. The molecule has 1 heterocycles. The summed E-state index contributed by atoms with van der Waals surface area (Å²) in [7, 11) is 0. The highest BCUT2D eigenvalue weighted by Gasteiger charge is 2.21. The summed E-state index contributed by atoms with van der Waals surface area (Å²) in [5, 5.41) is 10.9. The van der Waals surface area contributed by atoms with Gasteiger partial charge in [0.2, 0.25) is 11.9 Å². The molecule has 1 atom stereocenters. The van der Waals surface area contributed by atoms with Crippen LogP contribution in [0, 0.1) is 0 Å². The van der Waals surface area contributed by atoms with Crippen molar-refractivity contribution in [3.05, 3.63) is 6.33 Å². The lowest BCUT2D eigenvalue weighted by molar-refractivity contribution is -0.117. The number of alkyl carbamates (subject to hydrolysis) is 1. The Balaban J connectivity index is 2.42. The van der Waals surface area contributed by atoms with Crippen LogP contribution in [0.5, 0.6) is 0 Å². The summed E-state index contributed by atoms with van der Waals surface area (Å²) in [4.78, 5) is 26.8. The second kappa shape index (κ2) is 5.48. The van der Waals surface area contributed by atoms with Crippen LogP contribution in [-0.4, -0.2) is 38.8 Å². The minimum Gasteiger partial charge on any atom is -0.444 e. The number of anilines is 1. The summed E-state index contributed by atoms with van der Waals surface area (Å²) in [5.41, 5.74) is -0.606. The zero-order valence-electron chi connectivity index (χ0n) is 10.8. The third kappa shape index (κ3) is 4.81. The van der Waals surface area contributed by atoms with Gasteiger partial charge in [-0.1, -0.05) is 0 Å². The van der Waals surface area contributed by atoms with Crippen molar-refractivity contribution in [1.82, 2.24) is 20.5 Å². The minimum absolute atomic E-state index is 0.220. The number of H-pyrrole nitrogens is 1. The molecule has 1 aromatic heterocycles. The topological polar surface area (TPSA) is 109 Å². The SMILES string of the molecule is CC(NC(=O)OC(C)(C)C)C(=O)Nc1ncn[nH]1. The average molecular weight is 255 g/mol. The summed E-state index contributed by atoms with van der Waals surface area (Å²) >= 11 is 0. The molecule has 1 aromatic rings. The molecule has 0 fully saturated rings. The number of nitrogens with one attached hydrogen (secondary N) is 3. The van der Waals surface area contributed by atoms with E-state index >= 15 is 0 Å². The van der Waals surface area contributed by atoms with Gasteiger partial charge in [-0.3, -0.25) is 10.1 Å². The molecule has 8 nitrogen and oxygen atoms in total. The number of hydrogen-bond donors (Lipinski definition) is 3. The van der Waals surface area contributed by atoms with E-state index in [2.05, 4.69) is 25.8 Å². The first-order valence-electron chi connectivity index (χ1n) is 5.43. The largest absolute Gasteiger partial charge is 0.444 e. The van der Waals surface area contributed by atoms with Crippen LogP contribution in [0.25, 0.3) is 0 Å². The molecular formula is C10H17N5O3. The highest BCUT2D eigenvalue weighted by molar-refractivity contribution is 5.94. The average Bonchev–Trinajstić information content (AvgIpc) is 2.66. The Bertz CT molecular complexity index is 410. The van der Waals surface area contributed by atoms with Gasteiger partial charge in [0, 0.05) is 0 Å². The molecule has 100 valence electrons. The monoisotopic (exact) mass is 255 g/mol. The molecule has 0 aliphatic heterocycles. The summed E-state index contributed by atoms with van der Waals surface area (Å²) < 4.78 is 5.03. The molecule has 0 spiro atoms. The first-order chi connectivity index (χ1) is 8.28. The molecule has 8 heteroatoms. The van der Waals surface area contributed by atoms with E-state index in [1.54, 1.807) is 20.8 Å². The molecule has 0 bridgehead atoms. The van der Waals surface area contributed by atoms with Crippen molar-refractivity contribution in [2.75, 3.05) is 5.32 Å². The number of amides is 2. The van der Waals surface area contributed by atoms with Gasteiger partial charge < -0.3 is 10.1 Å². The van der Waals surface area contributed by atoms with Gasteiger partial charge in [0.1, 0.15) is 18.0 Å². The van der Waals surface area contributed by atoms with Crippen LogP contribution >= 0.6 is 0 Å². The number of carbonyl (C=O) groups excluding carboxylic acids is 2. The Hall–Kier alpha value is -2.12. The lowest BCUT2D eigenvalue weighted by Crippen LogP contribution is -2.44. The van der Waals surface area contributed by atoms with Gasteiger partial charge in [-0.15, -0.1) is 0 Å². The second-order valence-electron chi connectivity index (χ2n) is 4.69. The summed E-state index contributed by atoms with van der Waals surface area (Å²) in [6.07, 6.45) is 0.615. The molecular weight excluding hydrogens is 238 g/mol. The van der Waals surface area contributed by atoms with Crippen LogP contribution in [0.1, 0.15) is 27.7 Å². The third-order valence-electron chi connectivity index (χ3n) is 1.78. The van der Waals surface area contributed by atoms with E-state index in [1.165, 1.54) is 13.3 Å². The highest BCUT2D eigenvalue weighted by atomic mass is 16.6. The zero-order valence-corrected chi connectivity index (χ0v) is 10.8. The van der Waals surface area contributed by atoms with Crippen molar-refractivity contribution < 1.29 is 14.3 Å². The maximum absolute atomic E-state index is 11.6. The van der Waals surface area contributed by atoms with Crippen molar-refractivity contribution in [1.29, 1.82) is 0 Å². The maximum Gasteiger partial charge on any atom is 0.408 e.